The molecule has 4 heteroatoms. The van der Waals surface area contributed by atoms with Crippen molar-refractivity contribution >= 4 is 5.78 Å². The number of aromatic nitrogens is 2. The van der Waals surface area contributed by atoms with E-state index in [1.165, 1.54) is 0 Å². The number of aromatic amines is 1. The molecule has 1 N–H and O–H groups in total. The number of nitrogens with zero attached hydrogens (tertiary/aromatic N) is 1. The first-order chi connectivity index (χ1) is 8.75. The van der Waals surface area contributed by atoms with Gasteiger partial charge in [0.15, 0.2) is 5.78 Å². The summed E-state index contributed by atoms with van der Waals surface area (Å²) in [4.78, 5) is 30.0. The van der Waals surface area contributed by atoms with Crippen LogP contribution < -0.4 is 5.69 Å². The zero-order chi connectivity index (χ0) is 12.5. The Balaban J connectivity index is 2.27. The monoisotopic (exact) mass is 240 g/mol. The first-order valence-corrected chi connectivity index (χ1v) is 5.97. The fourth-order valence-corrected chi connectivity index (χ4v) is 2.36. The van der Waals surface area contributed by atoms with Crippen molar-refractivity contribution in [3.05, 3.63) is 52.1 Å². The third-order valence-electron chi connectivity index (χ3n) is 3.19. The molecule has 1 aliphatic rings. The van der Waals surface area contributed by atoms with Crippen LogP contribution in [0.3, 0.4) is 0 Å². The number of carbonyl (C=O) groups is 1. The van der Waals surface area contributed by atoms with E-state index in [0.717, 1.165) is 24.0 Å². The molecule has 1 aromatic carbocycles. The fourth-order valence-electron chi connectivity index (χ4n) is 2.36. The van der Waals surface area contributed by atoms with Crippen LogP contribution in [0.4, 0.5) is 0 Å². The van der Waals surface area contributed by atoms with Gasteiger partial charge in [0.2, 0.25) is 0 Å². The average molecular weight is 240 g/mol. The maximum Gasteiger partial charge on any atom is 0.346 e. The minimum Gasteiger partial charge on any atom is -0.302 e. The topological polar surface area (TPSA) is 62.8 Å². The van der Waals surface area contributed by atoms with Crippen LogP contribution in [-0.4, -0.2) is 15.8 Å². The molecule has 0 aliphatic heterocycles. The number of ketones is 1. The van der Waals surface area contributed by atoms with Gasteiger partial charge in [-0.2, -0.15) is 4.98 Å². The second kappa shape index (κ2) is 4.22. The molecule has 1 heterocycles. The van der Waals surface area contributed by atoms with Crippen LogP contribution in [0.2, 0.25) is 0 Å². The van der Waals surface area contributed by atoms with Crippen LogP contribution in [0.25, 0.3) is 11.3 Å². The number of hydrogen-bond acceptors (Lipinski definition) is 3. The number of rotatable bonds is 1. The van der Waals surface area contributed by atoms with Gasteiger partial charge in [0.25, 0.3) is 0 Å². The molecule has 0 saturated carbocycles. The van der Waals surface area contributed by atoms with Crippen molar-refractivity contribution in [2.45, 2.75) is 19.3 Å². The van der Waals surface area contributed by atoms with Crippen molar-refractivity contribution in [2.75, 3.05) is 0 Å². The highest BCUT2D eigenvalue weighted by Crippen LogP contribution is 2.27. The summed E-state index contributed by atoms with van der Waals surface area (Å²) in [6.07, 6.45) is 2.11. The lowest BCUT2D eigenvalue weighted by molar-refractivity contribution is 0.0966. The molecule has 90 valence electrons. The van der Waals surface area contributed by atoms with Crippen molar-refractivity contribution in [2.24, 2.45) is 0 Å². The van der Waals surface area contributed by atoms with Crippen LogP contribution in [0, 0.1) is 0 Å². The number of hydrogen-bond donors (Lipinski definition) is 1. The zero-order valence-electron chi connectivity index (χ0n) is 9.77. The molecule has 0 spiro atoms. The number of carbonyl (C=O) groups excluding carboxylic acids is 1. The molecule has 3 rings (SSSR count). The maximum atomic E-state index is 11.8. The number of H-pyrrole nitrogens is 1. The Kier molecular flexibility index (Phi) is 2.55. The van der Waals surface area contributed by atoms with Gasteiger partial charge in [0, 0.05) is 17.5 Å². The summed E-state index contributed by atoms with van der Waals surface area (Å²) < 4.78 is 0. The molecular weight excluding hydrogens is 228 g/mol. The first kappa shape index (κ1) is 10.9. The maximum absolute atomic E-state index is 11.8. The van der Waals surface area contributed by atoms with E-state index in [4.69, 9.17) is 0 Å². The molecule has 0 amide bonds. The summed E-state index contributed by atoms with van der Waals surface area (Å²) in [5.74, 6) is 0.00734. The Labute approximate surface area is 104 Å². The van der Waals surface area contributed by atoms with Gasteiger partial charge < -0.3 is 4.98 Å². The van der Waals surface area contributed by atoms with Gasteiger partial charge in [0.1, 0.15) is 0 Å². The summed E-state index contributed by atoms with van der Waals surface area (Å²) in [6.45, 7) is 0. The van der Waals surface area contributed by atoms with E-state index < -0.39 is 5.69 Å². The van der Waals surface area contributed by atoms with Gasteiger partial charge in [-0.3, -0.25) is 4.79 Å². The Bertz CT molecular complexity index is 659. The van der Waals surface area contributed by atoms with Crippen LogP contribution in [0.1, 0.15) is 28.9 Å². The normalized spacial score (nSPS) is 14.3. The van der Waals surface area contributed by atoms with Gasteiger partial charge in [-0.15, -0.1) is 0 Å². The van der Waals surface area contributed by atoms with E-state index in [0.29, 0.717) is 17.8 Å². The number of fused-ring (bicyclic) bond motifs is 1. The summed E-state index contributed by atoms with van der Waals surface area (Å²) in [7, 11) is 0. The highest BCUT2D eigenvalue weighted by molar-refractivity contribution is 5.97. The van der Waals surface area contributed by atoms with Gasteiger partial charge in [-0.05, 0) is 12.8 Å². The molecule has 4 nitrogen and oxygen atoms in total. The number of benzene rings is 1. The number of nitrogens with one attached hydrogen (secondary N) is 1. The quantitative estimate of drug-likeness (QED) is 0.828. The second-order valence-electron chi connectivity index (χ2n) is 4.39. The Hall–Kier alpha value is -2.23. The minimum atomic E-state index is -0.456. The molecule has 0 saturated heterocycles. The largest absolute Gasteiger partial charge is 0.346 e. The van der Waals surface area contributed by atoms with Crippen LogP contribution >= 0.6 is 0 Å². The molecule has 0 atom stereocenters. The van der Waals surface area contributed by atoms with Gasteiger partial charge in [-0.25, -0.2) is 4.79 Å². The van der Waals surface area contributed by atoms with Crippen molar-refractivity contribution in [1.82, 2.24) is 9.97 Å². The van der Waals surface area contributed by atoms with E-state index in [1.54, 1.807) is 0 Å². The molecule has 1 aromatic heterocycles. The van der Waals surface area contributed by atoms with E-state index in [2.05, 4.69) is 9.97 Å². The Morgan fingerprint density at radius 1 is 1.06 bits per heavy atom. The third-order valence-corrected chi connectivity index (χ3v) is 3.19. The fraction of sp³-hybridized carbons (Fsp3) is 0.214. The van der Waals surface area contributed by atoms with Gasteiger partial charge in [0.05, 0.1) is 11.4 Å². The van der Waals surface area contributed by atoms with E-state index >= 15 is 0 Å². The molecule has 0 unspecified atom stereocenters. The lowest BCUT2D eigenvalue weighted by atomic mass is 9.91. The predicted molar refractivity (Wildman–Crippen MR) is 67.6 cm³/mol. The van der Waals surface area contributed by atoms with Crippen molar-refractivity contribution in [1.29, 1.82) is 0 Å². The van der Waals surface area contributed by atoms with Gasteiger partial charge >= 0.3 is 5.69 Å². The van der Waals surface area contributed by atoms with Crippen molar-refractivity contribution in [3.63, 3.8) is 0 Å². The molecule has 18 heavy (non-hydrogen) atoms. The molecular formula is C14H12N2O2. The SMILES string of the molecule is O=C1CCCc2c(-c3ccccc3)nc(=O)[nH]c21. The lowest BCUT2D eigenvalue weighted by Crippen LogP contribution is -2.23. The van der Waals surface area contributed by atoms with Crippen LogP contribution in [0.5, 0.6) is 0 Å². The summed E-state index contributed by atoms with van der Waals surface area (Å²) in [5, 5.41) is 0. The molecule has 0 fully saturated rings. The molecule has 0 radical (unpaired) electrons. The molecule has 1 aliphatic carbocycles. The van der Waals surface area contributed by atoms with E-state index in [9.17, 15) is 9.59 Å². The van der Waals surface area contributed by atoms with Crippen molar-refractivity contribution < 1.29 is 4.79 Å². The summed E-state index contributed by atoms with van der Waals surface area (Å²) in [6, 6.07) is 9.51. The van der Waals surface area contributed by atoms with E-state index in [-0.39, 0.29) is 5.78 Å². The first-order valence-electron chi connectivity index (χ1n) is 5.97. The second-order valence-corrected chi connectivity index (χ2v) is 4.39. The highest BCUT2D eigenvalue weighted by atomic mass is 16.1. The number of Topliss-reactive ketones (excluding diaryl/α,β-unsaturated/α-hetero) is 1. The van der Waals surface area contributed by atoms with Gasteiger partial charge in [-0.1, -0.05) is 30.3 Å². The standard InChI is InChI=1S/C14H12N2O2/c17-11-8-4-7-10-12(9-5-2-1-3-6-9)15-14(18)16-13(10)11/h1-3,5-6H,4,7-8H2,(H,15,16,18). The predicted octanol–water partition coefficient (Wildman–Crippen LogP) is 1.96. The van der Waals surface area contributed by atoms with Crippen molar-refractivity contribution in [3.8, 4) is 11.3 Å². The van der Waals surface area contributed by atoms with Crippen LogP contribution in [-0.2, 0) is 6.42 Å². The minimum absolute atomic E-state index is 0.00734. The Morgan fingerprint density at radius 2 is 1.83 bits per heavy atom. The smallest absolute Gasteiger partial charge is 0.302 e. The third kappa shape index (κ3) is 1.76. The Morgan fingerprint density at radius 3 is 2.61 bits per heavy atom. The summed E-state index contributed by atoms with van der Waals surface area (Å²) in [5.41, 5.74) is 2.39. The summed E-state index contributed by atoms with van der Waals surface area (Å²) >= 11 is 0. The highest BCUT2D eigenvalue weighted by Gasteiger charge is 2.22. The van der Waals surface area contributed by atoms with Crippen LogP contribution in [0.15, 0.2) is 35.1 Å². The van der Waals surface area contributed by atoms with E-state index in [1.807, 2.05) is 30.3 Å². The zero-order valence-corrected chi connectivity index (χ0v) is 9.77. The lowest BCUT2D eigenvalue weighted by Gasteiger charge is -2.16. The average Bonchev–Trinajstić information content (AvgIpc) is 2.40. The molecule has 0 bridgehead atoms. The molecule has 2 aromatic rings.